The molecule has 7 nitrogen and oxygen atoms in total. The molecule has 12 heteroatoms. The number of benzene rings is 2. The Hall–Kier alpha value is -2.99. The number of primary sulfonamides is 1. The van der Waals surface area contributed by atoms with Crippen LogP contribution in [-0.2, 0) is 21.2 Å². The summed E-state index contributed by atoms with van der Waals surface area (Å²) in [6.45, 7) is -0.112. The Morgan fingerprint density at radius 2 is 1.61 bits per heavy atom. The van der Waals surface area contributed by atoms with Crippen LogP contribution in [0.2, 0.25) is 0 Å². The fourth-order valence-electron chi connectivity index (χ4n) is 3.77. The summed E-state index contributed by atoms with van der Waals surface area (Å²) in [6.07, 6.45) is 1.86. The van der Waals surface area contributed by atoms with E-state index < -0.39 is 49.7 Å². The van der Waals surface area contributed by atoms with Crippen LogP contribution in [0.25, 0.3) is 0 Å². The smallest absolute Gasteiger partial charge is 0.254 e. The number of fused-ring (bicyclic) bond motifs is 1. The van der Waals surface area contributed by atoms with Gasteiger partial charge in [0.1, 0.15) is 16.5 Å². The fraction of sp³-hybridized carbons (Fsp3) is 0.333. The molecule has 1 unspecified atom stereocenters. The number of carbonyl (C=O) groups is 2. The molecule has 0 bridgehead atoms. The summed E-state index contributed by atoms with van der Waals surface area (Å²) in [5.74, 6) is -5.90. The minimum atomic E-state index is -4.50. The zero-order valence-electron chi connectivity index (χ0n) is 17.3. The van der Waals surface area contributed by atoms with Crippen molar-refractivity contribution in [2.24, 2.45) is 5.14 Å². The predicted molar refractivity (Wildman–Crippen MR) is 110 cm³/mol. The van der Waals surface area contributed by atoms with E-state index in [4.69, 9.17) is 5.14 Å². The van der Waals surface area contributed by atoms with Crippen LogP contribution < -0.4 is 15.8 Å². The van der Waals surface area contributed by atoms with Crippen LogP contribution in [0.15, 0.2) is 29.2 Å². The molecule has 0 aromatic heterocycles. The Balaban J connectivity index is 1.46. The topological polar surface area (TPSA) is 118 Å². The first-order valence-electron chi connectivity index (χ1n) is 10.0. The van der Waals surface area contributed by atoms with E-state index in [0.717, 1.165) is 5.56 Å². The standard InChI is InChI=1S/C21H21F4N3O4S/c22-15-10-18(25)19(33(26,31)32)9-14(15)21(30)28-6-5-27-20(29)4-3-11-1-2-12-7-16(23)17(24)8-13(11)12/h7-11H,1-6H2,(H,27,29)(H,28,30)(H2,26,31,32). The molecule has 0 fully saturated rings. The number of nitrogens with one attached hydrogen (secondary N) is 2. The predicted octanol–water partition coefficient (Wildman–Crippen LogP) is 2.25. The average Bonchev–Trinajstić information content (AvgIpc) is 3.10. The molecule has 0 aliphatic heterocycles. The zero-order valence-corrected chi connectivity index (χ0v) is 18.1. The molecule has 0 radical (unpaired) electrons. The van der Waals surface area contributed by atoms with Gasteiger partial charge < -0.3 is 10.6 Å². The van der Waals surface area contributed by atoms with E-state index in [1.165, 1.54) is 12.1 Å². The van der Waals surface area contributed by atoms with Gasteiger partial charge in [0.25, 0.3) is 5.91 Å². The lowest BCUT2D eigenvalue weighted by Crippen LogP contribution is -2.35. The molecular formula is C21H21F4N3O4S. The molecule has 0 heterocycles. The summed E-state index contributed by atoms with van der Waals surface area (Å²) < 4.78 is 76.9. The van der Waals surface area contributed by atoms with Crippen LogP contribution >= 0.6 is 0 Å². The van der Waals surface area contributed by atoms with Crippen LogP contribution in [0.4, 0.5) is 17.6 Å². The molecule has 4 N–H and O–H groups in total. The number of halogens is 4. The largest absolute Gasteiger partial charge is 0.354 e. The van der Waals surface area contributed by atoms with Crippen molar-refractivity contribution in [3.05, 3.63) is 64.2 Å². The van der Waals surface area contributed by atoms with Gasteiger partial charge in [-0.15, -0.1) is 0 Å². The normalized spacial score (nSPS) is 15.2. The highest BCUT2D eigenvalue weighted by molar-refractivity contribution is 7.89. The molecule has 0 saturated heterocycles. The lowest BCUT2D eigenvalue weighted by atomic mass is 9.96. The van der Waals surface area contributed by atoms with Gasteiger partial charge >= 0.3 is 0 Å². The SMILES string of the molecule is NS(=O)(=O)c1cc(C(=O)NCCNC(=O)CCC2CCc3cc(F)c(F)cc32)c(F)cc1F. The van der Waals surface area contributed by atoms with Gasteiger partial charge in [0.05, 0.1) is 5.56 Å². The maximum atomic E-state index is 13.9. The zero-order chi connectivity index (χ0) is 24.3. The number of hydrogen-bond acceptors (Lipinski definition) is 4. The van der Waals surface area contributed by atoms with Crippen molar-refractivity contribution in [1.29, 1.82) is 0 Å². The van der Waals surface area contributed by atoms with Gasteiger partial charge in [-0.05, 0) is 54.5 Å². The second-order valence-electron chi connectivity index (χ2n) is 7.65. The van der Waals surface area contributed by atoms with Crippen molar-refractivity contribution in [2.45, 2.75) is 36.5 Å². The lowest BCUT2D eigenvalue weighted by Gasteiger charge is -2.12. The van der Waals surface area contributed by atoms with Crippen molar-refractivity contribution < 1.29 is 35.6 Å². The molecule has 1 aliphatic carbocycles. The first kappa shape index (κ1) is 24.6. The Morgan fingerprint density at radius 3 is 2.30 bits per heavy atom. The number of amides is 2. The van der Waals surface area contributed by atoms with Crippen molar-refractivity contribution in [3.8, 4) is 0 Å². The molecule has 1 atom stereocenters. The molecule has 0 saturated carbocycles. The van der Waals surface area contributed by atoms with Gasteiger partial charge in [0.15, 0.2) is 11.6 Å². The van der Waals surface area contributed by atoms with E-state index in [-0.39, 0.29) is 37.4 Å². The highest BCUT2D eigenvalue weighted by atomic mass is 32.2. The summed E-state index contributed by atoms with van der Waals surface area (Å²) in [5.41, 5.74) is 0.727. The van der Waals surface area contributed by atoms with Crippen LogP contribution in [0.1, 0.15) is 46.7 Å². The minimum absolute atomic E-state index is 0.00345. The maximum absolute atomic E-state index is 13.9. The first-order chi connectivity index (χ1) is 15.5. The number of aryl methyl sites for hydroxylation is 1. The van der Waals surface area contributed by atoms with Gasteiger partial charge in [-0.3, -0.25) is 9.59 Å². The summed E-state index contributed by atoms with van der Waals surface area (Å²) in [5, 5.41) is 9.69. The third-order valence-corrected chi connectivity index (χ3v) is 6.34. The van der Waals surface area contributed by atoms with E-state index in [0.29, 0.717) is 30.9 Å². The Kier molecular flexibility index (Phi) is 7.38. The minimum Gasteiger partial charge on any atom is -0.354 e. The quantitative estimate of drug-likeness (QED) is 0.391. The lowest BCUT2D eigenvalue weighted by molar-refractivity contribution is -0.121. The van der Waals surface area contributed by atoms with Crippen molar-refractivity contribution >= 4 is 21.8 Å². The van der Waals surface area contributed by atoms with E-state index >= 15 is 0 Å². The molecule has 3 rings (SSSR count). The number of hydrogen-bond donors (Lipinski definition) is 3. The molecule has 1 aliphatic rings. The molecule has 178 valence electrons. The monoisotopic (exact) mass is 487 g/mol. The second-order valence-corrected chi connectivity index (χ2v) is 9.18. The van der Waals surface area contributed by atoms with Crippen LogP contribution in [-0.4, -0.2) is 33.3 Å². The number of sulfonamides is 1. The summed E-state index contributed by atoms with van der Waals surface area (Å²) in [6, 6.07) is 3.11. The van der Waals surface area contributed by atoms with Gasteiger partial charge in [-0.1, -0.05) is 0 Å². The summed E-state index contributed by atoms with van der Waals surface area (Å²) in [4.78, 5) is 23.1. The van der Waals surface area contributed by atoms with Gasteiger partial charge in [0.2, 0.25) is 15.9 Å². The van der Waals surface area contributed by atoms with Crippen molar-refractivity contribution in [3.63, 3.8) is 0 Å². The van der Waals surface area contributed by atoms with Gasteiger partial charge in [0, 0.05) is 25.6 Å². The third kappa shape index (κ3) is 5.88. The number of nitrogens with two attached hydrogens (primary N) is 1. The number of carbonyl (C=O) groups excluding carboxylic acids is 2. The van der Waals surface area contributed by atoms with Gasteiger partial charge in [-0.2, -0.15) is 0 Å². The third-order valence-electron chi connectivity index (χ3n) is 5.41. The average molecular weight is 487 g/mol. The molecule has 2 aromatic carbocycles. The fourth-order valence-corrected chi connectivity index (χ4v) is 4.39. The first-order valence-corrected chi connectivity index (χ1v) is 11.6. The maximum Gasteiger partial charge on any atom is 0.254 e. The second kappa shape index (κ2) is 9.87. The Bertz CT molecular complexity index is 1200. The van der Waals surface area contributed by atoms with Crippen LogP contribution in [0, 0.1) is 23.3 Å². The highest BCUT2D eigenvalue weighted by Crippen LogP contribution is 2.37. The summed E-state index contributed by atoms with van der Waals surface area (Å²) >= 11 is 0. The van der Waals surface area contributed by atoms with E-state index in [1.807, 2.05) is 0 Å². The molecule has 0 spiro atoms. The van der Waals surface area contributed by atoms with Crippen molar-refractivity contribution in [1.82, 2.24) is 10.6 Å². The van der Waals surface area contributed by atoms with Gasteiger partial charge in [-0.25, -0.2) is 31.1 Å². The summed E-state index contributed by atoms with van der Waals surface area (Å²) in [7, 11) is -4.50. The van der Waals surface area contributed by atoms with Crippen LogP contribution in [0.5, 0.6) is 0 Å². The van der Waals surface area contributed by atoms with Crippen molar-refractivity contribution in [2.75, 3.05) is 13.1 Å². The Labute approximate surface area is 187 Å². The molecule has 2 aromatic rings. The van der Waals surface area contributed by atoms with E-state index in [1.54, 1.807) is 0 Å². The van der Waals surface area contributed by atoms with Crippen LogP contribution in [0.3, 0.4) is 0 Å². The number of rotatable bonds is 8. The molecule has 2 amide bonds. The van der Waals surface area contributed by atoms with E-state index in [9.17, 15) is 35.6 Å². The molecule has 33 heavy (non-hydrogen) atoms. The molecular weight excluding hydrogens is 466 g/mol. The van der Waals surface area contributed by atoms with E-state index in [2.05, 4.69) is 10.6 Å². The Morgan fingerprint density at radius 1 is 0.939 bits per heavy atom. The highest BCUT2D eigenvalue weighted by Gasteiger charge is 2.25.